The second-order valence-electron chi connectivity index (χ2n) is 4.51. The Morgan fingerprint density at radius 1 is 1.24 bits per heavy atom. The largest absolute Gasteiger partial charge is 0.491 e. The van der Waals surface area contributed by atoms with Gasteiger partial charge < -0.3 is 9.47 Å². The number of hydrogen-bond donors (Lipinski definition) is 0. The van der Waals surface area contributed by atoms with Crippen molar-refractivity contribution >= 4 is 15.9 Å². The third-order valence-corrected chi connectivity index (χ3v) is 2.97. The third-order valence-electron chi connectivity index (χ3n) is 2.36. The van der Waals surface area contributed by atoms with Crippen molar-refractivity contribution < 1.29 is 9.47 Å². The average molecular weight is 301 g/mol. The van der Waals surface area contributed by atoms with E-state index in [1.807, 2.05) is 6.07 Å². The molecule has 0 fully saturated rings. The molecule has 0 saturated heterocycles. The first kappa shape index (κ1) is 14.5. The van der Waals surface area contributed by atoms with Gasteiger partial charge in [-0.1, -0.05) is 48.0 Å². The zero-order valence-electron chi connectivity index (χ0n) is 10.8. The van der Waals surface area contributed by atoms with Gasteiger partial charge in [0.25, 0.3) is 0 Å². The van der Waals surface area contributed by atoms with Crippen molar-refractivity contribution in [2.45, 2.75) is 26.1 Å². The minimum Gasteiger partial charge on any atom is -0.491 e. The van der Waals surface area contributed by atoms with Crippen molar-refractivity contribution in [2.75, 3.05) is 19.8 Å². The lowest BCUT2D eigenvalue weighted by atomic mass is 10.1. The molecular weight excluding hydrogens is 280 g/mol. The number of alkyl halides is 1. The van der Waals surface area contributed by atoms with Gasteiger partial charge in [0.15, 0.2) is 0 Å². The van der Waals surface area contributed by atoms with E-state index in [-0.39, 0.29) is 0 Å². The molecule has 0 unspecified atom stereocenters. The Bertz CT molecular complexity index is 337. The molecule has 3 heteroatoms. The number of para-hydroxylation sites is 1. The van der Waals surface area contributed by atoms with Gasteiger partial charge in [-0.3, -0.25) is 0 Å². The third kappa shape index (κ3) is 5.09. The van der Waals surface area contributed by atoms with Gasteiger partial charge in [-0.2, -0.15) is 0 Å². The monoisotopic (exact) mass is 300 g/mol. The number of ether oxygens (including phenoxy) is 2. The van der Waals surface area contributed by atoms with Crippen LogP contribution in [0.1, 0.15) is 25.0 Å². The van der Waals surface area contributed by atoms with Gasteiger partial charge in [0.05, 0.1) is 6.61 Å². The fourth-order valence-corrected chi connectivity index (χ4v) is 1.99. The molecule has 0 radical (unpaired) electrons. The quantitative estimate of drug-likeness (QED) is 0.561. The highest BCUT2D eigenvalue weighted by Gasteiger charge is 2.05. The van der Waals surface area contributed by atoms with Crippen molar-refractivity contribution in [3.8, 4) is 5.75 Å². The van der Waals surface area contributed by atoms with Gasteiger partial charge in [0.2, 0.25) is 0 Å². The first-order chi connectivity index (χ1) is 8.15. The van der Waals surface area contributed by atoms with E-state index in [1.165, 1.54) is 11.1 Å². The molecular formula is C14H21BrO2. The second kappa shape index (κ2) is 7.72. The molecule has 0 aliphatic rings. The van der Waals surface area contributed by atoms with Crippen LogP contribution in [0.25, 0.3) is 0 Å². The average Bonchev–Trinajstić information content (AvgIpc) is 2.30. The maximum Gasteiger partial charge on any atom is 0.126 e. The van der Waals surface area contributed by atoms with Crippen LogP contribution in [-0.2, 0) is 10.1 Å². The van der Waals surface area contributed by atoms with Crippen LogP contribution in [0, 0.1) is 12.8 Å². The Labute approximate surface area is 112 Å². The van der Waals surface area contributed by atoms with Crippen LogP contribution >= 0.6 is 15.9 Å². The molecule has 1 aromatic rings. The molecule has 1 rings (SSSR count). The van der Waals surface area contributed by atoms with Crippen molar-refractivity contribution in [2.24, 2.45) is 5.92 Å². The number of rotatable bonds is 7. The summed E-state index contributed by atoms with van der Waals surface area (Å²) in [5.41, 5.74) is 2.36. The van der Waals surface area contributed by atoms with Crippen molar-refractivity contribution in [1.29, 1.82) is 0 Å². The van der Waals surface area contributed by atoms with Gasteiger partial charge in [-0.05, 0) is 18.4 Å². The predicted octanol–water partition coefficient (Wildman–Crippen LogP) is 3.94. The Hall–Kier alpha value is -0.540. The lowest BCUT2D eigenvalue weighted by Gasteiger charge is -2.13. The molecule has 0 heterocycles. The summed E-state index contributed by atoms with van der Waals surface area (Å²) < 4.78 is 11.3. The fraction of sp³-hybridized carbons (Fsp3) is 0.571. The first-order valence-electron chi connectivity index (χ1n) is 6.00. The summed E-state index contributed by atoms with van der Waals surface area (Å²) in [4.78, 5) is 0. The van der Waals surface area contributed by atoms with Gasteiger partial charge in [-0.25, -0.2) is 0 Å². The lowest BCUT2D eigenvalue weighted by molar-refractivity contribution is 0.0815. The van der Waals surface area contributed by atoms with E-state index >= 15 is 0 Å². The standard InChI is InChI=1S/C14H21BrO2/c1-11(2)10-16-7-8-17-14-12(3)5-4-6-13(14)9-15/h4-6,11H,7-10H2,1-3H3. The molecule has 0 saturated carbocycles. The topological polar surface area (TPSA) is 18.5 Å². The van der Waals surface area contributed by atoms with E-state index in [0.29, 0.717) is 19.1 Å². The Morgan fingerprint density at radius 2 is 2.00 bits per heavy atom. The molecule has 96 valence electrons. The molecule has 1 aromatic carbocycles. The fourth-order valence-electron chi connectivity index (χ4n) is 1.55. The molecule has 0 aliphatic heterocycles. The van der Waals surface area contributed by atoms with Crippen molar-refractivity contribution in [3.63, 3.8) is 0 Å². The van der Waals surface area contributed by atoms with Crippen LogP contribution in [-0.4, -0.2) is 19.8 Å². The van der Waals surface area contributed by atoms with E-state index in [2.05, 4.69) is 48.8 Å². The highest BCUT2D eigenvalue weighted by atomic mass is 79.9. The Balaban J connectivity index is 2.40. The molecule has 17 heavy (non-hydrogen) atoms. The van der Waals surface area contributed by atoms with E-state index in [1.54, 1.807) is 0 Å². The van der Waals surface area contributed by atoms with Gasteiger partial charge in [0, 0.05) is 17.5 Å². The SMILES string of the molecule is Cc1cccc(CBr)c1OCCOCC(C)C. The maximum absolute atomic E-state index is 5.79. The van der Waals surface area contributed by atoms with E-state index in [9.17, 15) is 0 Å². The van der Waals surface area contributed by atoms with Crippen LogP contribution < -0.4 is 4.74 Å². The second-order valence-corrected chi connectivity index (χ2v) is 5.07. The highest BCUT2D eigenvalue weighted by molar-refractivity contribution is 9.08. The molecule has 0 spiro atoms. The Morgan fingerprint density at radius 3 is 2.65 bits per heavy atom. The van der Waals surface area contributed by atoms with Gasteiger partial charge in [-0.15, -0.1) is 0 Å². The number of hydrogen-bond acceptors (Lipinski definition) is 2. The summed E-state index contributed by atoms with van der Waals surface area (Å²) in [7, 11) is 0. The molecule has 2 nitrogen and oxygen atoms in total. The zero-order valence-corrected chi connectivity index (χ0v) is 12.4. The maximum atomic E-state index is 5.79. The van der Waals surface area contributed by atoms with Crippen molar-refractivity contribution in [1.82, 2.24) is 0 Å². The number of halogens is 1. The van der Waals surface area contributed by atoms with Crippen LogP contribution in [0.3, 0.4) is 0 Å². The summed E-state index contributed by atoms with van der Waals surface area (Å²) in [6, 6.07) is 6.19. The zero-order chi connectivity index (χ0) is 12.7. The molecule has 0 aliphatic carbocycles. The van der Waals surface area contributed by atoms with Gasteiger partial charge >= 0.3 is 0 Å². The van der Waals surface area contributed by atoms with Gasteiger partial charge in [0.1, 0.15) is 12.4 Å². The Kier molecular flexibility index (Phi) is 6.60. The van der Waals surface area contributed by atoms with Crippen LogP contribution in [0.4, 0.5) is 0 Å². The summed E-state index contributed by atoms with van der Waals surface area (Å²) in [5, 5.41) is 0.816. The molecule has 0 atom stereocenters. The smallest absolute Gasteiger partial charge is 0.126 e. The van der Waals surface area contributed by atoms with Crippen LogP contribution in [0.15, 0.2) is 18.2 Å². The summed E-state index contributed by atoms with van der Waals surface area (Å²) >= 11 is 3.47. The van der Waals surface area contributed by atoms with Crippen LogP contribution in [0.2, 0.25) is 0 Å². The van der Waals surface area contributed by atoms with Crippen molar-refractivity contribution in [3.05, 3.63) is 29.3 Å². The predicted molar refractivity (Wildman–Crippen MR) is 75.0 cm³/mol. The summed E-state index contributed by atoms with van der Waals surface area (Å²) in [6.07, 6.45) is 0. The normalized spacial score (nSPS) is 10.9. The first-order valence-corrected chi connectivity index (χ1v) is 7.12. The number of benzene rings is 1. The molecule has 0 aromatic heterocycles. The molecule has 0 bridgehead atoms. The summed E-state index contributed by atoms with van der Waals surface area (Å²) in [5.74, 6) is 1.56. The summed E-state index contributed by atoms with van der Waals surface area (Å²) in [6.45, 7) is 8.40. The molecule has 0 N–H and O–H groups in total. The minimum atomic E-state index is 0.576. The number of aryl methyl sites for hydroxylation is 1. The van der Waals surface area contributed by atoms with Crippen LogP contribution in [0.5, 0.6) is 5.75 Å². The van der Waals surface area contributed by atoms with E-state index in [0.717, 1.165) is 17.7 Å². The van der Waals surface area contributed by atoms with E-state index in [4.69, 9.17) is 9.47 Å². The highest BCUT2D eigenvalue weighted by Crippen LogP contribution is 2.25. The minimum absolute atomic E-state index is 0.576. The molecule has 0 amide bonds. The van der Waals surface area contributed by atoms with E-state index < -0.39 is 0 Å². The lowest BCUT2D eigenvalue weighted by Crippen LogP contribution is -2.11.